The second-order valence-electron chi connectivity index (χ2n) is 17.4. The molecule has 3 unspecified atom stereocenters. The Hall–Kier alpha value is -1.43. The number of aliphatic hydroxyl groups excluding tert-OH is 3. The van der Waals surface area contributed by atoms with Gasteiger partial charge in [-0.25, -0.2) is 0 Å². The van der Waals surface area contributed by atoms with Gasteiger partial charge in [0.1, 0.15) is 6.10 Å². The fourth-order valence-electron chi connectivity index (χ4n) is 7.76. The predicted molar refractivity (Wildman–Crippen MR) is 250 cm³/mol. The fraction of sp³-hybridized carbons (Fsp3) is 0.865. The van der Waals surface area contributed by atoms with Gasteiger partial charge < -0.3 is 20.6 Å². The number of aliphatic hydroxyl groups is 3. The van der Waals surface area contributed by atoms with Gasteiger partial charge in [0.25, 0.3) is 0 Å². The Bertz CT molecular complexity index is 885. The molecule has 0 spiro atoms. The van der Waals surface area contributed by atoms with Gasteiger partial charge in [-0.3, -0.25) is 4.79 Å². The van der Waals surface area contributed by atoms with Crippen molar-refractivity contribution in [3.05, 3.63) is 36.5 Å². The lowest BCUT2D eigenvalue weighted by Crippen LogP contribution is -2.50. The van der Waals surface area contributed by atoms with E-state index in [0.717, 1.165) is 44.9 Å². The van der Waals surface area contributed by atoms with Crippen LogP contribution in [0.2, 0.25) is 0 Å². The highest BCUT2D eigenvalue weighted by atomic mass is 16.3. The summed E-state index contributed by atoms with van der Waals surface area (Å²) in [5, 5.41) is 33.6. The summed E-state index contributed by atoms with van der Waals surface area (Å²) in [7, 11) is 0. The van der Waals surface area contributed by atoms with Gasteiger partial charge in [-0.1, -0.05) is 217 Å². The van der Waals surface area contributed by atoms with Crippen molar-refractivity contribution >= 4 is 5.91 Å². The fourth-order valence-corrected chi connectivity index (χ4v) is 7.76. The summed E-state index contributed by atoms with van der Waals surface area (Å²) in [4.78, 5) is 12.5. The summed E-state index contributed by atoms with van der Waals surface area (Å²) in [5.74, 6) is -0.160. The lowest BCUT2D eigenvalue weighted by atomic mass is 10.0. The smallest absolute Gasteiger partial charge is 0.220 e. The van der Waals surface area contributed by atoms with E-state index in [-0.39, 0.29) is 12.5 Å². The van der Waals surface area contributed by atoms with Crippen molar-refractivity contribution in [2.45, 2.75) is 283 Å². The number of hydrogen-bond donors (Lipinski definition) is 4. The number of amides is 1. The maximum absolute atomic E-state index is 12.5. The van der Waals surface area contributed by atoms with E-state index >= 15 is 0 Å². The van der Waals surface area contributed by atoms with Crippen LogP contribution in [0, 0.1) is 0 Å². The third-order valence-electron chi connectivity index (χ3n) is 11.7. The van der Waals surface area contributed by atoms with Gasteiger partial charge in [-0.2, -0.15) is 0 Å². The number of carbonyl (C=O) groups excluding carboxylic acids is 1. The Morgan fingerprint density at radius 3 is 1.07 bits per heavy atom. The Morgan fingerprint density at radius 1 is 0.421 bits per heavy atom. The maximum Gasteiger partial charge on any atom is 0.220 e. The molecule has 0 aliphatic carbocycles. The van der Waals surface area contributed by atoms with Crippen molar-refractivity contribution in [2.75, 3.05) is 6.61 Å². The second kappa shape index (κ2) is 47.3. The van der Waals surface area contributed by atoms with Gasteiger partial charge in [0.05, 0.1) is 18.8 Å². The molecule has 0 aliphatic rings. The van der Waals surface area contributed by atoms with Crippen LogP contribution in [0.15, 0.2) is 36.5 Å². The van der Waals surface area contributed by atoms with E-state index in [2.05, 4.69) is 55.6 Å². The van der Waals surface area contributed by atoms with Gasteiger partial charge in [0.2, 0.25) is 5.91 Å². The standard InChI is InChI=1S/C52H99NO4/c1-3-5-7-9-11-13-15-17-19-21-23-24-25-26-27-29-31-33-35-37-39-41-43-45-47-51(56)53-49(48-54)52(57)50(55)46-44-42-40-38-36-34-32-30-28-22-20-18-16-14-12-10-8-6-4-2/h26-27,30,32,38,40,49-50,52,54-55,57H,3-25,28-29,31,33-37,39,41-48H2,1-2H3,(H,53,56)/b27-26-,32-30+,40-38+. The van der Waals surface area contributed by atoms with Crippen LogP contribution in [0.4, 0.5) is 0 Å². The summed E-state index contributed by atoms with van der Waals surface area (Å²) < 4.78 is 0. The second-order valence-corrected chi connectivity index (χ2v) is 17.4. The minimum Gasteiger partial charge on any atom is -0.394 e. The highest BCUT2D eigenvalue weighted by molar-refractivity contribution is 5.76. The minimum atomic E-state index is -1.17. The van der Waals surface area contributed by atoms with E-state index in [1.54, 1.807) is 0 Å². The maximum atomic E-state index is 12.5. The number of carbonyl (C=O) groups is 1. The zero-order valence-electron chi connectivity index (χ0n) is 38.2. The van der Waals surface area contributed by atoms with Crippen LogP contribution in [-0.2, 0) is 4.79 Å². The Labute approximate surface area is 355 Å². The van der Waals surface area contributed by atoms with Crippen molar-refractivity contribution in [1.29, 1.82) is 0 Å². The molecule has 0 aromatic heterocycles. The Morgan fingerprint density at radius 2 is 0.719 bits per heavy atom. The molecule has 0 radical (unpaired) electrons. The van der Waals surface area contributed by atoms with E-state index in [1.165, 1.54) is 193 Å². The summed E-state index contributed by atoms with van der Waals surface area (Å²) in [5.41, 5.74) is 0. The van der Waals surface area contributed by atoms with E-state index in [0.29, 0.717) is 12.8 Å². The van der Waals surface area contributed by atoms with Crippen molar-refractivity contribution in [3.63, 3.8) is 0 Å². The molecule has 0 saturated heterocycles. The summed E-state index contributed by atoms with van der Waals surface area (Å²) in [6, 6.07) is -0.834. The molecule has 336 valence electrons. The largest absolute Gasteiger partial charge is 0.394 e. The monoisotopic (exact) mass is 802 g/mol. The van der Waals surface area contributed by atoms with Gasteiger partial charge in [0, 0.05) is 6.42 Å². The van der Waals surface area contributed by atoms with Crippen molar-refractivity contribution in [3.8, 4) is 0 Å². The first-order valence-electron chi connectivity index (χ1n) is 25.3. The third kappa shape index (κ3) is 42.5. The van der Waals surface area contributed by atoms with Crippen molar-refractivity contribution in [1.82, 2.24) is 5.32 Å². The molecule has 0 rings (SSSR count). The number of hydrogen-bond acceptors (Lipinski definition) is 4. The molecule has 0 aliphatic heterocycles. The van der Waals surface area contributed by atoms with Crippen LogP contribution in [-0.4, -0.2) is 46.1 Å². The first-order valence-corrected chi connectivity index (χ1v) is 25.3. The first-order chi connectivity index (χ1) is 28.1. The van der Waals surface area contributed by atoms with E-state index in [9.17, 15) is 20.1 Å². The molecule has 0 heterocycles. The molecule has 0 bridgehead atoms. The van der Waals surface area contributed by atoms with E-state index in [4.69, 9.17) is 0 Å². The molecule has 5 nitrogen and oxygen atoms in total. The molecule has 0 aromatic rings. The third-order valence-corrected chi connectivity index (χ3v) is 11.7. The molecular weight excluding hydrogens is 703 g/mol. The van der Waals surface area contributed by atoms with Gasteiger partial charge in [-0.15, -0.1) is 0 Å². The lowest BCUT2D eigenvalue weighted by molar-refractivity contribution is -0.124. The van der Waals surface area contributed by atoms with Gasteiger partial charge in [-0.05, 0) is 77.0 Å². The minimum absolute atomic E-state index is 0.160. The molecular formula is C52H99NO4. The highest BCUT2D eigenvalue weighted by Gasteiger charge is 2.26. The quantitative estimate of drug-likeness (QED) is 0.0365. The molecule has 57 heavy (non-hydrogen) atoms. The SMILES string of the molecule is CCCCCCCCCCCC/C=C/CC/C=C/CCCC(O)C(O)C(CO)NC(=O)CCCCCCCCCC/C=C\CCCCCCCCCCCCCC. The van der Waals surface area contributed by atoms with Crippen molar-refractivity contribution < 1.29 is 20.1 Å². The van der Waals surface area contributed by atoms with Crippen LogP contribution in [0.1, 0.15) is 264 Å². The van der Waals surface area contributed by atoms with Crippen molar-refractivity contribution in [2.24, 2.45) is 0 Å². The van der Waals surface area contributed by atoms with Crippen LogP contribution in [0.5, 0.6) is 0 Å². The van der Waals surface area contributed by atoms with Crippen LogP contribution < -0.4 is 5.32 Å². The molecule has 1 amide bonds. The summed E-state index contributed by atoms with van der Waals surface area (Å²) in [6.45, 7) is 4.18. The highest BCUT2D eigenvalue weighted by Crippen LogP contribution is 2.16. The van der Waals surface area contributed by atoms with Crippen LogP contribution >= 0.6 is 0 Å². The van der Waals surface area contributed by atoms with E-state index < -0.39 is 18.2 Å². The zero-order valence-corrected chi connectivity index (χ0v) is 38.2. The first kappa shape index (κ1) is 55.6. The van der Waals surface area contributed by atoms with Crippen LogP contribution in [0.3, 0.4) is 0 Å². The molecule has 5 heteroatoms. The molecule has 3 atom stereocenters. The number of nitrogens with one attached hydrogen (secondary N) is 1. The zero-order chi connectivity index (χ0) is 41.5. The average Bonchev–Trinajstić information content (AvgIpc) is 3.22. The van der Waals surface area contributed by atoms with Gasteiger partial charge in [0.15, 0.2) is 0 Å². The molecule has 0 aromatic carbocycles. The lowest BCUT2D eigenvalue weighted by Gasteiger charge is -2.26. The average molecular weight is 802 g/mol. The number of unbranched alkanes of at least 4 members (excludes halogenated alkanes) is 32. The molecule has 4 N–H and O–H groups in total. The van der Waals surface area contributed by atoms with Gasteiger partial charge >= 0.3 is 0 Å². The normalized spacial score (nSPS) is 13.7. The number of allylic oxidation sites excluding steroid dienone is 6. The van der Waals surface area contributed by atoms with Crippen LogP contribution in [0.25, 0.3) is 0 Å². The molecule has 0 fully saturated rings. The topological polar surface area (TPSA) is 89.8 Å². The molecule has 0 saturated carbocycles. The summed E-state index contributed by atoms with van der Waals surface area (Å²) >= 11 is 0. The summed E-state index contributed by atoms with van der Waals surface area (Å²) in [6.07, 6.45) is 59.9. The van der Waals surface area contributed by atoms with E-state index in [1.807, 2.05) is 0 Å². The predicted octanol–water partition coefficient (Wildman–Crippen LogP) is 15.1. The Balaban J connectivity index is 3.64. The Kier molecular flexibility index (Phi) is 46.1. The number of rotatable bonds is 46.